The minimum atomic E-state index is -0.617. The molecular weight excluding hydrogens is 451 g/mol. The van der Waals surface area contributed by atoms with Gasteiger partial charge in [-0.25, -0.2) is 4.39 Å². The fourth-order valence-corrected chi connectivity index (χ4v) is 3.88. The Labute approximate surface area is 202 Å². The van der Waals surface area contributed by atoms with Crippen molar-refractivity contribution in [1.82, 2.24) is 20.3 Å². The van der Waals surface area contributed by atoms with Gasteiger partial charge in [0, 0.05) is 24.5 Å². The summed E-state index contributed by atoms with van der Waals surface area (Å²) in [7, 11) is 0. The molecule has 0 bridgehead atoms. The molecule has 34 heavy (non-hydrogen) atoms. The average molecular weight is 477 g/mol. The number of amides is 1. The number of rotatable bonds is 6. The minimum Gasteiger partial charge on any atom is -0.372 e. The second-order valence-electron chi connectivity index (χ2n) is 7.72. The van der Waals surface area contributed by atoms with Crippen LogP contribution in [0, 0.1) is 12.7 Å². The molecule has 1 heterocycles. The zero-order valence-electron chi connectivity index (χ0n) is 19.2. The number of carbonyl (C=O) groups excluding carboxylic acids is 1. The monoisotopic (exact) mass is 476 g/mol. The molecule has 9 heteroatoms. The fraction of sp³-hybridized carbons (Fsp3) is 0.200. The van der Waals surface area contributed by atoms with E-state index in [0.717, 1.165) is 35.5 Å². The topological polar surface area (TPSA) is 75.1 Å². The minimum absolute atomic E-state index is 0.0649. The molecule has 0 spiro atoms. The van der Waals surface area contributed by atoms with Crippen LogP contribution in [0.3, 0.4) is 0 Å². The fourth-order valence-electron chi connectivity index (χ4n) is 3.67. The number of benzene rings is 3. The second kappa shape index (κ2) is 9.96. The van der Waals surface area contributed by atoms with E-state index in [1.54, 1.807) is 10.9 Å². The van der Waals surface area contributed by atoms with Crippen LogP contribution in [-0.4, -0.2) is 39.1 Å². The average Bonchev–Trinajstić information content (AvgIpc) is 3.23. The summed E-state index contributed by atoms with van der Waals surface area (Å²) in [5.41, 5.74) is 4.88. The first-order valence-electron chi connectivity index (χ1n) is 11.0. The molecule has 0 aliphatic carbocycles. The highest BCUT2D eigenvalue weighted by molar-refractivity contribution is 7.80. The van der Waals surface area contributed by atoms with E-state index in [1.807, 2.05) is 31.2 Å². The van der Waals surface area contributed by atoms with Crippen molar-refractivity contribution >= 4 is 45.6 Å². The van der Waals surface area contributed by atoms with Gasteiger partial charge >= 0.3 is 0 Å². The Bertz CT molecular complexity index is 1350. The van der Waals surface area contributed by atoms with Crippen molar-refractivity contribution in [2.24, 2.45) is 0 Å². The maximum Gasteiger partial charge on any atom is 0.260 e. The van der Waals surface area contributed by atoms with E-state index in [1.165, 1.54) is 18.2 Å². The van der Waals surface area contributed by atoms with Gasteiger partial charge in [-0.05, 0) is 87.1 Å². The Morgan fingerprint density at radius 1 is 1.03 bits per heavy atom. The molecule has 3 aromatic carbocycles. The van der Waals surface area contributed by atoms with Gasteiger partial charge < -0.3 is 10.2 Å². The van der Waals surface area contributed by atoms with E-state index in [9.17, 15) is 9.18 Å². The first-order valence-corrected chi connectivity index (χ1v) is 11.4. The van der Waals surface area contributed by atoms with Crippen molar-refractivity contribution in [2.75, 3.05) is 23.3 Å². The summed E-state index contributed by atoms with van der Waals surface area (Å²) in [4.78, 5) is 16.2. The summed E-state index contributed by atoms with van der Waals surface area (Å²) in [5.74, 6) is -1.23. The molecule has 0 aliphatic heterocycles. The third-order valence-electron chi connectivity index (χ3n) is 5.53. The molecular formula is C25H25FN6OS. The molecule has 0 radical (unpaired) electrons. The van der Waals surface area contributed by atoms with E-state index in [0.29, 0.717) is 11.2 Å². The number of nitrogens with zero attached hydrogens (tertiary/aromatic N) is 4. The number of aryl methyl sites for hydroxylation is 1. The molecule has 0 fully saturated rings. The number of aromatic nitrogens is 3. The van der Waals surface area contributed by atoms with Crippen LogP contribution in [-0.2, 0) is 0 Å². The molecule has 0 atom stereocenters. The van der Waals surface area contributed by atoms with Crippen molar-refractivity contribution in [2.45, 2.75) is 20.8 Å². The van der Waals surface area contributed by atoms with E-state index >= 15 is 0 Å². The van der Waals surface area contributed by atoms with Gasteiger partial charge in [-0.3, -0.25) is 10.1 Å². The highest BCUT2D eigenvalue weighted by atomic mass is 32.1. The SMILES string of the molecule is CCN(CC)c1ccc(-n2nc3cc(C)c(NC(=S)NC(=O)c4ccccc4F)cc3n2)cc1. The van der Waals surface area contributed by atoms with Crippen molar-refractivity contribution in [3.63, 3.8) is 0 Å². The number of carbonyl (C=O) groups is 1. The summed E-state index contributed by atoms with van der Waals surface area (Å²) in [6, 6.07) is 17.6. The predicted molar refractivity (Wildman–Crippen MR) is 137 cm³/mol. The highest BCUT2D eigenvalue weighted by Crippen LogP contribution is 2.23. The molecule has 7 nitrogen and oxygen atoms in total. The molecule has 1 amide bonds. The summed E-state index contributed by atoms with van der Waals surface area (Å²) in [5, 5.41) is 14.8. The van der Waals surface area contributed by atoms with Crippen molar-refractivity contribution < 1.29 is 9.18 Å². The molecule has 4 aromatic rings. The molecule has 174 valence electrons. The Hall–Kier alpha value is -3.85. The Morgan fingerprint density at radius 3 is 2.32 bits per heavy atom. The van der Waals surface area contributed by atoms with Crippen LogP contribution in [0.4, 0.5) is 15.8 Å². The molecule has 0 saturated heterocycles. The van der Waals surface area contributed by atoms with Gasteiger partial charge in [0.05, 0.1) is 11.3 Å². The van der Waals surface area contributed by atoms with Crippen molar-refractivity contribution in [3.8, 4) is 5.69 Å². The van der Waals surface area contributed by atoms with E-state index in [-0.39, 0.29) is 10.7 Å². The highest BCUT2D eigenvalue weighted by Gasteiger charge is 2.14. The number of hydrogen-bond acceptors (Lipinski definition) is 5. The Morgan fingerprint density at radius 2 is 1.68 bits per heavy atom. The van der Waals surface area contributed by atoms with Gasteiger partial charge in [0.25, 0.3) is 5.91 Å². The number of halogens is 1. The molecule has 0 saturated carbocycles. The first kappa shape index (κ1) is 23.3. The van der Waals surface area contributed by atoms with Crippen molar-refractivity contribution in [3.05, 3.63) is 77.6 Å². The third-order valence-corrected chi connectivity index (χ3v) is 5.73. The molecule has 2 N–H and O–H groups in total. The summed E-state index contributed by atoms with van der Waals surface area (Å²) < 4.78 is 13.9. The standard InChI is InChI=1S/C25H25FN6OS/c1-4-31(5-2)17-10-12-18(13-11-17)32-29-22-14-16(3)21(15-23(22)30-32)27-25(34)28-24(33)19-8-6-7-9-20(19)26/h6-15H,4-5H2,1-3H3,(H2,27,28,33,34). The van der Waals surface area contributed by atoms with Gasteiger partial charge in [-0.1, -0.05) is 12.1 Å². The molecule has 0 aliphatic rings. The number of fused-ring (bicyclic) bond motifs is 1. The smallest absolute Gasteiger partial charge is 0.260 e. The van der Waals surface area contributed by atoms with Crippen LogP contribution in [0.1, 0.15) is 29.8 Å². The lowest BCUT2D eigenvalue weighted by Gasteiger charge is -2.20. The third kappa shape index (κ3) is 4.89. The van der Waals surface area contributed by atoms with Crippen LogP contribution in [0.2, 0.25) is 0 Å². The van der Waals surface area contributed by atoms with Crippen LogP contribution in [0.15, 0.2) is 60.7 Å². The van der Waals surface area contributed by atoms with Crippen LogP contribution in [0.5, 0.6) is 0 Å². The number of hydrogen-bond donors (Lipinski definition) is 2. The van der Waals surface area contributed by atoms with E-state index in [2.05, 4.69) is 51.7 Å². The van der Waals surface area contributed by atoms with Gasteiger partial charge in [0.15, 0.2) is 5.11 Å². The van der Waals surface area contributed by atoms with Gasteiger partial charge in [-0.2, -0.15) is 4.80 Å². The number of anilines is 2. The van der Waals surface area contributed by atoms with Gasteiger partial charge in [0.2, 0.25) is 0 Å². The van der Waals surface area contributed by atoms with E-state index in [4.69, 9.17) is 12.2 Å². The van der Waals surface area contributed by atoms with Crippen molar-refractivity contribution in [1.29, 1.82) is 0 Å². The molecule has 4 rings (SSSR count). The van der Waals surface area contributed by atoms with Crippen LogP contribution in [0.25, 0.3) is 16.7 Å². The zero-order valence-corrected chi connectivity index (χ0v) is 20.0. The quantitative estimate of drug-likeness (QED) is 0.388. The second-order valence-corrected chi connectivity index (χ2v) is 8.13. The van der Waals surface area contributed by atoms with Gasteiger partial charge in [0.1, 0.15) is 16.9 Å². The lowest BCUT2D eigenvalue weighted by molar-refractivity contribution is 0.0974. The summed E-state index contributed by atoms with van der Waals surface area (Å²) in [6.07, 6.45) is 0. The maximum atomic E-state index is 13.9. The Kier molecular flexibility index (Phi) is 6.83. The molecule has 0 unspecified atom stereocenters. The normalized spacial score (nSPS) is 10.8. The summed E-state index contributed by atoms with van der Waals surface area (Å²) >= 11 is 5.26. The predicted octanol–water partition coefficient (Wildman–Crippen LogP) is 4.84. The largest absolute Gasteiger partial charge is 0.372 e. The van der Waals surface area contributed by atoms with E-state index < -0.39 is 11.7 Å². The number of nitrogens with one attached hydrogen (secondary N) is 2. The lowest BCUT2D eigenvalue weighted by Crippen LogP contribution is -2.34. The first-order chi connectivity index (χ1) is 16.4. The van der Waals surface area contributed by atoms with Crippen LogP contribution >= 0.6 is 12.2 Å². The lowest BCUT2D eigenvalue weighted by atomic mass is 10.2. The zero-order chi connectivity index (χ0) is 24.2. The van der Waals surface area contributed by atoms with Crippen LogP contribution < -0.4 is 15.5 Å². The van der Waals surface area contributed by atoms with Gasteiger partial charge in [-0.15, -0.1) is 10.2 Å². The molecule has 1 aromatic heterocycles. The summed E-state index contributed by atoms with van der Waals surface area (Å²) in [6.45, 7) is 8.05. The number of thiocarbonyl (C=S) groups is 1. The Balaban J connectivity index is 1.52. The maximum absolute atomic E-state index is 13.9.